The Balaban J connectivity index is 1.43. The third-order valence-electron chi connectivity index (χ3n) is 9.41. The number of anilines is 6. The standard InChI is InChI=1S/C46H43BrN2/c1-45(2,3)36-20-26-38(27-21-36)48(39-28-22-37(23-29-39)46(4,5)6)42-16-11-17-43(44(42)47)49(40-24-18-32-12-7-9-14-34(32)30-40)41-25-19-33-13-8-10-15-35(33)31-41/h7-31H,1-6H3. The van der Waals surface area contributed by atoms with E-state index < -0.39 is 0 Å². The van der Waals surface area contributed by atoms with Crippen molar-refractivity contribution >= 4 is 71.6 Å². The van der Waals surface area contributed by atoms with E-state index in [0.717, 1.165) is 38.6 Å². The van der Waals surface area contributed by atoms with Crippen LogP contribution in [-0.2, 0) is 10.8 Å². The van der Waals surface area contributed by atoms with E-state index in [2.05, 4.69) is 219 Å². The van der Waals surface area contributed by atoms with E-state index in [1.165, 1.54) is 32.7 Å². The zero-order valence-electron chi connectivity index (χ0n) is 29.2. The minimum atomic E-state index is 0.0679. The number of rotatable bonds is 6. The number of nitrogens with zero attached hydrogens (tertiary/aromatic N) is 2. The molecule has 0 bridgehead atoms. The first-order valence-electron chi connectivity index (χ1n) is 17.0. The Morgan fingerprint density at radius 1 is 0.367 bits per heavy atom. The summed E-state index contributed by atoms with van der Waals surface area (Å²) < 4.78 is 1.01. The molecular formula is C46H43BrN2. The quantitative estimate of drug-likeness (QED) is 0.170. The molecule has 244 valence electrons. The lowest BCUT2D eigenvalue weighted by molar-refractivity contribution is 0.590. The molecule has 0 saturated carbocycles. The minimum absolute atomic E-state index is 0.0679. The lowest BCUT2D eigenvalue weighted by atomic mass is 9.86. The van der Waals surface area contributed by atoms with Crippen molar-refractivity contribution in [3.63, 3.8) is 0 Å². The predicted octanol–water partition coefficient (Wildman–Crippen LogP) is 14.3. The number of fused-ring (bicyclic) bond motifs is 2. The fraction of sp³-hybridized carbons (Fsp3) is 0.174. The van der Waals surface area contributed by atoms with Crippen molar-refractivity contribution in [3.8, 4) is 0 Å². The van der Waals surface area contributed by atoms with Crippen LogP contribution < -0.4 is 9.80 Å². The number of benzene rings is 7. The van der Waals surface area contributed by atoms with Gasteiger partial charge in [0, 0.05) is 22.7 Å². The van der Waals surface area contributed by atoms with Gasteiger partial charge < -0.3 is 9.80 Å². The summed E-state index contributed by atoms with van der Waals surface area (Å²) in [5.41, 5.74) is 9.30. The second kappa shape index (κ2) is 12.9. The van der Waals surface area contributed by atoms with Gasteiger partial charge in [-0.2, -0.15) is 0 Å². The summed E-state index contributed by atoms with van der Waals surface area (Å²) in [6, 6.07) is 55.3. The van der Waals surface area contributed by atoms with Crippen LogP contribution in [0, 0.1) is 0 Å². The van der Waals surface area contributed by atoms with Gasteiger partial charge in [-0.25, -0.2) is 0 Å². The van der Waals surface area contributed by atoms with Gasteiger partial charge in [-0.05, 0) is 120 Å². The molecule has 49 heavy (non-hydrogen) atoms. The van der Waals surface area contributed by atoms with E-state index in [0.29, 0.717) is 0 Å². The van der Waals surface area contributed by atoms with Gasteiger partial charge >= 0.3 is 0 Å². The van der Waals surface area contributed by atoms with Gasteiger partial charge in [-0.3, -0.25) is 0 Å². The highest BCUT2D eigenvalue weighted by atomic mass is 79.9. The summed E-state index contributed by atoms with van der Waals surface area (Å²) in [5, 5.41) is 4.86. The molecule has 0 aromatic heterocycles. The topological polar surface area (TPSA) is 6.48 Å². The average molecular weight is 704 g/mol. The molecule has 7 aromatic rings. The first kappa shape index (κ1) is 32.7. The highest BCUT2D eigenvalue weighted by Gasteiger charge is 2.24. The summed E-state index contributed by atoms with van der Waals surface area (Å²) in [6.45, 7) is 13.6. The smallest absolute Gasteiger partial charge is 0.0656 e. The van der Waals surface area contributed by atoms with Crippen molar-refractivity contribution in [2.75, 3.05) is 9.80 Å². The van der Waals surface area contributed by atoms with Crippen LogP contribution in [0.5, 0.6) is 0 Å². The van der Waals surface area contributed by atoms with Gasteiger partial charge in [0.2, 0.25) is 0 Å². The Bertz CT molecular complexity index is 2120. The summed E-state index contributed by atoms with van der Waals surface area (Å²) in [5.74, 6) is 0. The molecule has 0 atom stereocenters. The van der Waals surface area contributed by atoms with Crippen LogP contribution in [0.15, 0.2) is 156 Å². The number of halogens is 1. The summed E-state index contributed by atoms with van der Waals surface area (Å²) >= 11 is 4.18. The van der Waals surface area contributed by atoms with Crippen LogP contribution in [0.1, 0.15) is 52.7 Å². The monoisotopic (exact) mass is 702 g/mol. The maximum atomic E-state index is 4.18. The highest BCUT2D eigenvalue weighted by Crippen LogP contribution is 2.47. The third kappa shape index (κ3) is 6.60. The SMILES string of the molecule is CC(C)(C)c1ccc(N(c2ccc(C(C)(C)C)cc2)c2cccc(N(c3ccc4ccccc4c3)c3ccc4ccccc4c3)c2Br)cc1. The van der Waals surface area contributed by atoms with Crippen LogP contribution in [0.4, 0.5) is 34.1 Å². The number of hydrogen-bond donors (Lipinski definition) is 0. The summed E-state index contributed by atoms with van der Waals surface area (Å²) in [7, 11) is 0. The van der Waals surface area contributed by atoms with Crippen LogP contribution >= 0.6 is 15.9 Å². The molecule has 7 aromatic carbocycles. The molecule has 0 amide bonds. The van der Waals surface area contributed by atoms with E-state index in [9.17, 15) is 0 Å². The average Bonchev–Trinajstić information content (AvgIpc) is 3.09. The Morgan fingerprint density at radius 3 is 1.10 bits per heavy atom. The Labute approximate surface area is 299 Å². The van der Waals surface area contributed by atoms with Gasteiger partial charge in [0.15, 0.2) is 0 Å². The van der Waals surface area contributed by atoms with Crippen LogP contribution in [0.25, 0.3) is 21.5 Å². The normalized spacial score (nSPS) is 12.0. The molecule has 0 N–H and O–H groups in total. The molecular weight excluding hydrogens is 660 g/mol. The summed E-state index contributed by atoms with van der Waals surface area (Å²) in [6.07, 6.45) is 0. The van der Waals surface area contributed by atoms with E-state index in [4.69, 9.17) is 0 Å². The molecule has 3 heteroatoms. The van der Waals surface area contributed by atoms with Crippen molar-refractivity contribution in [2.45, 2.75) is 52.4 Å². The van der Waals surface area contributed by atoms with Gasteiger partial charge in [-0.1, -0.05) is 133 Å². The molecule has 7 rings (SSSR count). The Kier molecular flexibility index (Phi) is 8.58. The Hall–Kier alpha value is -4.86. The molecule has 0 spiro atoms. The summed E-state index contributed by atoms with van der Waals surface area (Å²) in [4.78, 5) is 4.74. The van der Waals surface area contributed by atoms with Crippen LogP contribution in [-0.4, -0.2) is 0 Å². The zero-order valence-corrected chi connectivity index (χ0v) is 30.8. The Morgan fingerprint density at radius 2 is 0.714 bits per heavy atom. The van der Waals surface area contributed by atoms with Crippen molar-refractivity contribution in [1.82, 2.24) is 0 Å². The van der Waals surface area contributed by atoms with Gasteiger partial charge in [0.05, 0.1) is 15.8 Å². The molecule has 0 unspecified atom stereocenters. The number of hydrogen-bond acceptors (Lipinski definition) is 2. The molecule has 0 aliphatic rings. The maximum absolute atomic E-state index is 4.18. The highest BCUT2D eigenvalue weighted by molar-refractivity contribution is 9.10. The van der Waals surface area contributed by atoms with Crippen molar-refractivity contribution in [1.29, 1.82) is 0 Å². The molecule has 0 saturated heterocycles. The predicted molar refractivity (Wildman–Crippen MR) is 216 cm³/mol. The third-order valence-corrected chi connectivity index (χ3v) is 10.2. The molecule has 0 aliphatic heterocycles. The fourth-order valence-electron chi connectivity index (χ4n) is 6.56. The van der Waals surface area contributed by atoms with E-state index in [1.807, 2.05) is 0 Å². The van der Waals surface area contributed by atoms with E-state index in [-0.39, 0.29) is 10.8 Å². The minimum Gasteiger partial charge on any atom is -0.309 e. The van der Waals surface area contributed by atoms with Crippen LogP contribution in [0.2, 0.25) is 0 Å². The van der Waals surface area contributed by atoms with Gasteiger partial charge in [0.1, 0.15) is 0 Å². The lowest BCUT2D eigenvalue weighted by Gasteiger charge is -2.32. The first-order valence-corrected chi connectivity index (χ1v) is 17.8. The fourth-order valence-corrected chi connectivity index (χ4v) is 7.18. The second-order valence-corrected chi connectivity index (χ2v) is 15.7. The first-order chi connectivity index (χ1) is 23.5. The van der Waals surface area contributed by atoms with E-state index in [1.54, 1.807) is 0 Å². The van der Waals surface area contributed by atoms with Gasteiger partial charge in [0.25, 0.3) is 0 Å². The lowest BCUT2D eigenvalue weighted by Crippen LogP contribution is -2.16. The molecule has 0 fully saturated rings. The van der Waals surface area contributed by atoms with Crippen molar-refractivity contribution in [2.24, 2.45) is 0 Å². The van der Waals surface area contributed by atoms with Gasteiger partial charge in [-0.15, -0.1) is 0 Å². The molecule has 2 nitrogen and oxygen atoms in total. The maximum Gasteiger partial charge on any atom is 0.0656 e. The zero-order chi connectivity index (χ0) is 34.3. The molecule has 0 radical (unpaired) electrons. The molecule has 0 aliphatic carbocycles. The van der Waals surface area contributed by atoms with E-state index >= 15 is 0 Å². The molecule has 0 heterocycles. The van der Waals surface area contributed by atoms with Crippen molar-refractivity contribution in [3.05, 3.63) is 167 Å². The van der Waals surface area contributed by atoms with Crippen LogP contribution in [0.3, 0.4) is 0 Å². The largest absolute Gasteiger partial charge is 0.309 e. The van der Waals surface area contributed by atoms with Crippen molar-refractivity contribution < 1.29 is 0 Å². The second-order valence-electron chi connectivity index (χ2n) is 14.9.